The highest BCUT2D eigenvalue weighted by atomic mass is 16.5. The highest BCUT2D eigenvalue weighted by molar-refractivity contribution is 5.81. The van der Waals surface area contributed by atoms with E-state index in [-0.39, 0.29) is 6.42 Å². The van der Waals surface area contributed by atoms with Gasteiger partial charge in [-0.1, -0.05) is 60.7 Å². The second kappa shape index (κ2) is 5.67. The molecule has 3 nitrogen and oxygen atoms in total. The Morgan fingerprint density at radius 2 is 1.58 bits per heavy atom. The monoisotopic (exact) mass is 256 g/mol. The first kappa shape index (κ1) is 13.3. The van der Waals surface area contributed by atoms with E-state index < -0.39 is 11.6 Å². The van der Waals surface area contributed by atoms with Gasteiger partial charge < -0.3 is 9.84 Å². The normalized spacial score (nSPS) is 13.6. The Balaban J connectivity index is 2.39. The highest BCUT2D eigenvalue weighted by Gasteiger charge is 2.39. The standard InChI is InChI=1S/C16H16O3/c1-19-15(17)16(18,14-10-6-3-7-11-14)12-13-8-4-2-5-9-13/h2-11,18H,12H2,1H3/t16-/m1/s1. The van der Waals surface area contributed by atoms with Gasteiger partial charge in [-0.05, 0) is 11.1 Å². The highest BCUT2D eigenvalue weighted by Crippen LogP contribution is 2.27. The van der Waals surface area contributed by atoms with Gasteiger partial charge in [-0.25, -0.2) is 4.79 Å². The Kier molecular flexibility index (Phi) is 3.97. The van der Waals surface area contributed by atoms with Crippen molar-refractivity contribution in [1.29, 1.82) is 0 Å². The number of hydrogen-bond donors (Lipinski definition) is 1. The van der Waals surface area contributed by atoms with E-state index in [1.165, 1.54) is 7.11 Å². The fourth-order valence-electron chi connectivity index (χ4n) is 2.07. The Hall–Kier alpha value is -2.13. The van der Waals surface area contributed by atoms with Gasteiger partial charge in [0.2, 0.25) is 0 Å². The van der Waals surface area contributed by atoms with Crippen LogP contribution in [0, 0.1) is 0 Å². The van der Waals surface area contributed by atoms with E-state index in [4.69, 9.17) is 4.74 Å². The van der Waals surface area contributed by atoms with Crippen molar-refractivity contribution in [3.8, 4) is 0 Å². The molecule has 19 heavy (non-hydrogen) atoms. The number of hydrogen-bond acceptors (Lipinski definition) is 3. The second-order valence-electron chi connectivity index (χ2n) is 4.38. The molecule has 0 bridgehead atoms. The Labute approximate surface area is 112 Å². The average Bonchev–Trinajstić information content (AvgIpc) is 2.48. The predicted octanol–water partition coefficient (Wildman–Crippen LogP) is 2.29. The van der Waals surface area contributed by atoms with Crippen LogP contribution in [0.15, 0.2) is 60.7 Å². The quantitative estimate of drug-likeness (QED) is 0.854. The summed E-state index contributed by atoms with van der Waals surface area (Å²) >= 11 is 0. The maximum atomic E-state index is 12.0. The van der Waals surface area contributed by atoms with Crippen LogP contribution >= 0.6 is 0 Å². The molecule has 0 aliphatic carbocycles. The summed E-state index contributed by atoms with van der Waals surface area (Å²) in [6.07, 6.45) is 0.185. The van der Waals surface area contributed by atoms with Gasteiger partial charge in [0.15, 0.2) is 5.60 Å². The summed E-state index contributed by atoms with van der Waals surface area (Å²) in [7, 11) is 1.28. The van der Waals surface area contributed by atoms with Crippen molar-refractivity contribution >= 4 is 5.97 Å². The summed E-state index contributed by atoms with van der Waals surface area (Å²) in [6.45, 7) is 0. The molecule has 2 aromatic carbocycles. The van der Waals surface area contributed by atoms with Crippen LogP contribution in [0.4, 0.5) is 0 Å². The summed E-state index contributed by atoms with van der Waals surface area (Å²) in [6, 6.07) is 18.2. The molecule has 0 heterocycles. The molecule has 0 saturated heterocycles. The van der Waals surface area contributed by atoms with Crippen molar-refractivity contribution in [2.75, 3.05) is 7.11 Å². The van der Waals surface area contributed by atoms with Gasteiger partial charge in [-0.3, -0.25) is 0 Å². The molecule has 1 N–H and O–H groups in total. The van der Waals surface area contributed by atoms with Crippen molar-refractivity contribution < 1.29 is 14.6 Å². The third-order valence-corrected chi connectivity index (χ3v) is 3.08. The Bertz CT molecular complexity index is 536. The van der Waals surface area contributed by atoms with Gasteiger partial charge in [0.05, 0.1) is 7.11 Å². The van der Waals surface area contributed by atoms with Crippen molar-refractivity contribution in [2.45, 2.75) is 12.0 Å². The predicted molar refractivity (Wildman–Crippen MR) is 72.5 cm³/mol. The summed E-state index contributed by atoms with van der Waals surface area (Å²) in [5.41, 5.74) is -0.248. The molecule has 2 rings (SSSR count). The molecule has 0 spiro atoms. The van der Waals surface area contributed by atoms with E-state index in [9.17, 15) is 9.90 Å². The average molecular weight is 256 g/mol. The van der Waals surface area contributed by atoms with Gasteiger partial charge in [-0.15, -0.1) is 0 Å². The van der Waals surface area contributed by atoms with Crippen LogP contribution in [-0.2, 0) is 21.6 Å². The van der Waals surface area contributed by atoms with Crippen molar-refractivity contribution in [3.63, 3.8) is 0 Å². The lowest BCUT2D eigenvalue weighted by atomic mass is 9.87. The van der Waals surface area contributed by atoms with Crippen LogP contribution in [0.5, 0.6) is 0 Å². The van der Waals surface area contributed by atoms with Gasteiger partial charge in [0.25, 0.3) is 0 Å². The first-order valence-corrected chi connectivity index (χ1v) is 6.07. The van der Waals surface area contributed by atoms with Crippen LogP contribution in [0.2, 0.25) is 0 Å². The first-order valence-electron chi connectivity index (χ1n) is 6.07. The molecule has 0 radical (unpaired) electrons. The van der Waals surface area contributed by atoms with Gasteiger partial charge >= 0.3 is 5.97 Å². The van der Waals surface area contributed by atoms with E-state index in [0.29, 0.717) is 5.56 Å². The number of aliphatic hydroxyl groups is 1. The minimum atomic E-state index is -1.66. The van der Waals surface area contributed by atoms with Crippen LogP contribution in [0.1, 0.15) is 11.1 Å². The van der Waals surface area contributed by atoms with Gasteiger partial charge in [0.1, 0.15) is 0 Å². The number of carbonyl (C=O) groups excluding carboxylic acids is 1. The molecule has 0 aliphatic heterocycles. The van der Waals surface area contributed by atoms with E-state index >= 15 is 0 Å². The fraction of sp³-hybridized carbons (Fsp3) is 0.188. The van der Waals surface area contributed by atoms with E-state index in [2.05, 4.69) is 0 Å². The van der Waals surface area contributed by atoms with Crippen molar-refractivity contribution in [2.24, 2.45) is 0 Å². The molecule has 0 unspecified atom stereocenters. The van der Waals surface area contributed by atoms with Crippen LogP contribution in [0.25, 0.3) is 0 Å². The summed E-state index contributed by atoms with van der Waals surface area (Å²) in [5.74, 6) is -0.650. The SMILES string of the molecule is COC(=O)[C@@](O)(Cc1ccccc1)c1ccccc1. The van der Waals surface area contributed by atoms with Crippen LogP contribution < -0.4 is 0 Å². The maximum absolute atomic E-state index is 12.0. The molecule has 3 heteroatoms. The molecule has 0 aliphatic rings. The molecule has 2 aromatic rings. The topological polar surface area (TPSA) is 46.5 Å². The zero-order chi connectivity index (χ0) is 13.7. The lowest BCUT2D eigenvalue weighted by Gasteiger charge is -2.25. The summed E-state index contributed by atoms with van der Waals surface area (Å²) in [4.78, 5) is 12.0. The summed E-state index contributed by atoms with van der Waals surface area (Å²) in [5, 5.41) is 10.7. The zero-order valence-corrected chi connectivity index (χ0v) is 10.7. The van der Waals surface area contributed by atoms with Gasteiger partial charge in [0, 0.05) is 6.42 Å². The molecular formula is C16H16O3. The Morgan fingerprint density at radius 3 is 2.11 bits per heavy atom. The number of carbonyl (C=O) groups is 1. The molecule has 1 atom stereocenters. The third kappa shape index (κ3) is 2.83. The molecule has 0 fully saturated rings. The number of esters is 1. The van der Waals surface area contributed by atoms with Crippen molar-refractivity contribution in [3.05, 3.63) is 71.8 Å². The first-order chi connectivity index (χ1) is 9.16. The summed E-state index contributed by atoms with van der Waals surface area (Å²) < 4.78 is 4.75. The molecule has 0 aromatic heterocycles. The molecule has 0 saturated carbocycles. The number of benzene rings is 2. The van der Waals surface area contributed by atoms with E-state index in [1.807, 2.05) is 36.4 Å². The van der Waals surface area contributed by atoms with Crippen LogP contribution in [-0.4, -0.2) is 18.2 Å². The minimum absolute atomic E-state index is 0.185. The Morgan fingerprint density at radius 1 is 1.05 bits per heavy atom. The second-order valence-corrected chi connectivity index (χ2v) is 4.38. The van der Waals surface area contributed by atoms with Crippen LogP contribution in [0.3, 0.4) is 0 Å². The fourth-order valence-corrected chi connectivity index (χ4v) is 2.07. The molecule has 98 valence electrons. The number of rotatable bonds is 4. The van der Waals surface area contributed by atoms with Crippen molar-refractivity contribution in [1.82, 2.24) is 0 Å². The molecule has 0 amide bonds. The maximum Gasteiger partial charge on any atom is 0.342 e. The molecular weight excluding hydrogens is 240 g/mol. The van der Waals surface area contributed by atoms with E-state index in [1.54, 1.807) is 24.3 Å². The minimum Gasteiger partial charge on any atom is -0.467 e. The largest absolute Gasteiger partial charge is 0.467 e. The number of methoxy groups -OCH3 is 1. The number of ether oxygens (including phenoxy) is 1. The lowest BCUT2D eigenvalue weighted by molar-refractivity contribution is -0.163. The third-order valence-electron chi connectivity index (χ3n) is 3.08. The van der Waals surface area contributed by atoms with E-state index in [0.717, 1.165) is 5.56 Å². The lowest BCUT2D eigenvalue weighted by Crippen LogP contribution is -2.39. The smallest absolute Gasteiger partial charge is 0.342 e. The van der Waals surface area contributed by atoms with Gasteiger partial charge in [-0.2, -0.15) is 0 Å². The zero-order valence-electron chi connectivity index (χ0n) is 10.7.